The Hall–Kier alpha value is -1.55. The van der Waals surface area contributed by atoms with Crippen molar-refractivity contribution in [2.75, 3.05) is 32.8 Å². The van der Waals surface area contributed by atoms with E-state index in [4.69, 9.17) is 9.47 Å². The van der Waals surface area contributed by atoms with Crippen molar-refractivity contribution in [1.29, 1.82) is 0 Å². The Balaban J connectivity index is 1.59. The molecule has 4 heteroatoms. The molecule has 1 heterocycles. The lowest BCUT2D eigenvalue weighted by Gasteiger charge is -2.31. The van der Waals surface area contributed by atoms with Crippen LogP contribution in [-0.4, -0.2) is 43.7 Å². The van der Waals surface area contributed by atoms with Crippen LogP contribution in [0.5, 0.6) is 5.75 Å². The molecule has 1 aromatic carbocycles. The first-order valence-electron chi connectivity index (χ1n) is 8.36. The van der Waals surface area contributed by atoms with Crippen molar-refractivity contribution >= 4 is 5.97 Å². The lowest BCUT2D eigenvalue weighted by Crippen LogP contribution is -2.39. The first-order valence-corrected chi connectivity index (χ1v) is 8.36. The van der Waals surface area contributed by atoms with Crippen LogP contribution in [0.3, 0.4) is 0 Å². The van der Waals surface area contributed by atoms with Crippen molar-refractivity contribution in [3.05, 3.63) is 30.3 Å². The number of benzene rings is 1. The average molecular weight is 305 g/mol. The van der Waals surface area contributed by atoms with Gasteiger partial charge in [-0.05, 0) is 57.8 Å². The van der Waals surface area contributed by atoms with Gasteiger partial charge >= 0.3 is 5.97 Å². The second-order valence-corrected chi connectivity index (χ2v) is 5.76. The molecule has 1 aliphatic heterocycles. The maximum absolute atomic E-state index is 11.8. The minimum Gasteiger partial charge on any atom is -0.494 e. The zero-order valence-electron chi connectivity index (χ0n) is 13.5. The minimum atomic E-state index is -0.0281. The van der Waals surface area contributed by atoms with Gasteiger partial charge in [-0.2, -0.15) is 0 Å². The topological polar surface area (TPSA) is 38.8 Å². The van der Waals surface area contributed by atoms with Crippen LogP contribution in [0.4, 0.5) is 0 Å². The third kappa shape index (κ3) is 5.68. The van der Waals surface area contributed by atoms with E-state index in [0.29, 0.717) is 6.61 Å². The van der Waals surface area contributed by atoms with Gasteiger partial charge in [0.05, 0.1) is 19.1 Å². The number of esters is 1. The second-order valence-electron chi connectivity index (χ2n) is 5.76. The molecular formula is C18H27NO3. The molecule has 1 atom stereocenters. The number of nitrogens with zero attached hydrogens (tertiary/aromatic N) is 1. The van der Waals surface area contributed by atoms with Gasteiger partial charge in [0, 0.05) is 6.54 Å². The average Bonchev–Trinajstić information content (AvgIpc) is 2.56. The molecule has 4 nitrogen and oxygen atoms in total. The van der Waals surface area contributed by atoms with Crippen molar-refractivity contribution in [3.63, 3.8) is 0 Å². The highest BCUT2D eigenvalue weighted by molar-refractivity contribution is 5.72. The van der Waals surface area contributed by atoms with Gasteiger partial charge in [-0.25, -0.2) is 0 Å². The molecule has 2 rings (SSSR count). The number of rotatable bonds is 8. The smallest absolute Gasteiger partial charge is 0.310 e. The summed E-state index contributed by atoms with van der Waals surface area (Å²) in [7, 11) is 0. The highest BCUT2D eigenvalue weighted by Crippen LogP contribution is 2.18. The molecule has 0 spiro atoms. The zero-order valence-corrected chi connectivity index (χ0v) is 13.5. The fourth-order valence-corrected chi connectivity index (χ4v) is 2.86. The lowest BCUT2D eigenvalue weighted by atomic mass is 9.98. The summed E-state index contributed by atoms with van der Waals surface area (Å²) in [6.45, 7) is 6.07. The molecule has 0 radical (unpaired) electrons. The van der Waals surface area contributed by atoms with Crippen molar-refractivity contribution < 1.29 is 14.3 Å². The number of hydrogen-bond acceptors (Lipinski definition) is 4. The number of piperidine rings is 1. The van der Waals surface area contributed by atoms with Crippen LogP contribution in [0.2, 0.25) is 0 Å². The molecule has 1 saturated heterocycles. The molecule has 0 unspecified atom stereocenters. The number of likely N-dealkylation sites (tertiary alicyclic amines) is 1. The third-order valence-corrected chi connectivity index (χ3v) is 4.01. The predicted molar refractivity (Wildman–Crippen MR) is 87.0 cm³/mol. The summed E-state index contributed by atoms with van der Waals surface area (Å²) in [5.74, 6) is 0.969. The normalized spacial score (nSPS) is 18.9. The van der Waals surface area contributed by atoms with E-state index in [0.717, 1.165) is 57.7 Å². The third-order valence-electron chi connectivity index (χ3n) is 4.01. The van der Waals surface area contributed by atoms with Crippen LogP contribution in [0.25, 0.3) is 0 Å². The van der Waals surface area contributed by atoms with E-state index in [9.17, 15) is 4.79 Å². The Morgan fingerprint density at radius 2 is 2.09 bits per heavy atom. The molecule has 1 fully saturated rings. The van der Waals surface area contributed by atoms with Gasteiger partial charge < -0.3 is 14.4 Å². The van der Waals surface area contributed by atoms with Gasteiger partial charge in [-0.1, -0.05) is 18.2 Å². The quantitative estimate of drug-likeness (QED) is 0.546. The van der Waals surface area contributed by atoms with Gasteiger partial charge in [0.2, 0.25) is 0 Å². The molecule has 0 bridgehead atoms. The Morgan fingerprint density at radius 1 is 1.27 bits per heavy atom. The van der Waals surface area contributed by atoms with Gasteiger partial charge in [-0.15, -0.1) is 0 Å². The van der Waals surface area contributed by atoms with E-state index in [1.807, 2.05) is 37.3 Å². The number of hydrogen-bond donors (Lipinski definition) is 0. The molecule has 22 heavy (non-hydrogen) atoms. The summed E-state index contributed by atoms with van der Waals surface area (Å²) in [6.07, 6.45) is 4.19. The lowest BCUT2D eigenvalue weighted by molar-refractivity contribution is -0.149. The number of ether oxygens (including phenoxy) is 2. The first kappa shape index (κ1) is 16.8. The van der Waals surface area contributed by atoms with Crippen molar-refractivity contribution in [2.24, 2.45) is 5.92 Å². The fraction of sp³-hybridized carbons (Fsp3) is 0.611. The Labute approximate surface area is 133 Å². The van der Waals surface area contributed by atoms with Crippen molar-refractivity contribution in [1.82, 2.24) is 4.90 Å². The number of para-hydroxylation sites is 1. The molecule has 0 saturated carbocycles. The summed E-state index contributed by atoms with van der Waals surface area (Å²) in [6, 6.07) is 9.92. The summed E-state index contributed by atoms with van der Waals surface area (Å²) >= 11 is 0. The Morgan fingerprint density at radius 3 is 2.86 bits per heavy atom. The Kier molecular flexibility index (Phi) is 7.23. The molecule has 122 valence electrons. The molecule has 1 aromatic rings. The number of carbonyl (C=O) groups excluding carboxylic acids is 1. The summed E-state index contributed by atoms with van der Waals surface area (Å²) in [5.41, 5.74) is 0. The van der Waals surface area contributed by atoms with Crippen LogP contribution in [0.1, 0.15) is 32.6 Å². The summed E-state index contributed by atoms with van der Waals surface area (Å²) in [5, 5.41) is 0. The van der Waals surface area contributed by atoms with E-state index < -0.39 is 0 Å². The summed E-state index contributed by atoms with van der Waals surface area (Å²) < 4.78 is 10.8. The largest absolute Gasteiger partial charge is 0.494 e. The molecule has 0 N–H and O–H groups in total. The van der Waals surface area contributed by atoms with Crippen molar-refractivity contribution in [2.45, 2.75) is 32.6 Å². The van der Waals surface area contributed by atoms with E-state index in [1.165, 1.54) is 0 Å². The second kappa shape index (κ2) is 9.46. The van der Waals surface area contributed by atoms with Gasteiger partial charge in [0.1, 0.15) is 5.75 Å². The maximum atomic E-state index is 11.8. The maximum Gasteiger partial charge on any atom is 0.310 e. The SMILES string of the molecule is CCOC(=O)[C@@H]1CCCN(CCCCOc2ccccc2)C1. The standard InChI is InChI=1S/C18H27NO3/c1-2-21-18(20)16-9-8-13-19(15-16)12-6-7-14-22-17-10-4-3-5-11-17/h3-5,10-11,16H,2,6-9,12-15H2,1H3/t16-/m1/s1. The van der Waals surface area contributed by atoms with E-state index in [-0.39, 0.29) is 11.9 Å². The van der Waals surface area contributed by atoms with E-state index >= 15 is 0 Å². The predicted octanol–water partition coefficient (Wildman–Crippen LogP) is 3.12. The van der Waals surface area contributed by atoms with E-state index in [2.05, 4.69) is 4.90 Å². The summed E-state index contributed by atoms with van der Waals surface area (Å²) in [4.78, 5) is 14.2. The van der Waals surface area contributed by atoms with Gasteiger partial charge in [-0.3, -0.25) is 4.79 Å². The zero-order chi connectivity index (χ0) is 15.6. The first-order chi connectivity index (χ1) is 10.8. The van der Waals surface area contributed by atoms with Crippen LogP contribution < -0.4 is 4.74 Å². The highest BCUT2D eigenvalue weighted by atomic mass is 16.5. The Bertz CT molecular complexity index is 435. The fourth-order valence-electron chi connectivity index (χ4n) is 2.86. The highest BCUT2D eigenvalue weighted by Gasteiger charge is 2.26. The van der Waals surface area contributed by atoms with Crippen molar-refractivity contribution in [3.8, 4) is 5.75 Å². The molecule has 0 aliphatic carbocycles. The van der Waals surface area contributed by atoms with Gasteiger partial charge in [0.25, 0.3) is 0 Å². The van der Waals surface area contributed by atoms with Crippen LogP contribution in [-0.2, 0) is 9.53 Å². The molecule has 0 aromatic heterocycles. The number of carbonyl (C=O) groups is 1. The molecule has 0 amide bonds. The molecule has 1 aliphatic rings. The van der Waals surface area contributed by atoms with E-state index in [1.54, 1.807) is 0 Å². The number of unbranched alkanes of at least 4 members (excludes halogenated alkanes) is 1. The van der Waals surface area contributed by atoms with Crippen LogP contribution >= 0.6 is 0 Å². The van der Waals surface area contributed by atoms with Gasteiger partial charge in [0.15, 0.2) is 0 Å². The molecular weight excluding hydrogens is 278 g/mol. The van der Waals surface area contributed by atoms with Crippen LogP contribution in [0, 0.1) is 5.92 Å². The van der Waals surface area contributed by atoms with Crippen LogP contribution in [0.15, 0.2) is 30.3 Å². The monoisotopic (exact) mass is 305 g/mol. The minimum absolute atomic E-state index is 0.0281.